The Hall–Kier alpha value is -3.77. The van der Waals surface area contributed by atoms with Crippen molar-refractivity contribution in [2.24, 2.45) is 0 Å². The van der Waals surface area contributed by atoms with E-state index in [-0.39, 0.29) is 20.4 Å². The molecule has 0 aliphatic heterocycles. The molecule has 0 saturated carbocycles. The van der Waals surface area contributed by atoms with Gasteiger partial charge in [0.15, 0.2) is 0 Å². The molecule has 0 atom stereocenters. The number of fused-ring (bicyclic) bond motifs is 4. The average Bonchev–Trinajstić information content (AvgIpc) is 3.31. The third kappa shape index (κ3) is 3.56. The first-order valence-electron chi connectivity index (χ1n) is 11.7. The summed E-state index contributed by atoms with van der Waals surface area (Å²) >= 11 is -0.312. The average molecular weight is 560 g/mol. The van der Waals surface area contributed by atoms with Gasteiger partial charge in [0.2, 0.25) is 0 Å². The molecule has 0 fully saturated rings. The molecule has 0 amide bonds. The predicted octanol–water partition coefficient (Wildman–Crippen LogP) is 7.99. The van der Waals surface area contributed by atoms with Crippen molar-refractivity contribution in [2.45, 2.75) is 0 Å². The zero-order valence-corrected chi connectivity index (χ0v) is 21.2. The molecule has 7 rings (SSSR count). The van der Waals surface area contributed by atoms with Gasteiger partial charge in [0.1, 0.15) is 0 Å². The van der Waals surface area contributed by atoms with E-state index in [9.17, 15) is 0 Å². The van der Waals surface area contributed by atoms with Gasteiger partial charge in [-0.3, -0.25) is 0 Å². The summed E-state index contributed by atoms with van der Waals surface area (Å²) in [5.74, 6) is 0. The Labute approximate surface area is 213 Å². The predicted molar refractivity (Wildman–Crippen MR) is 148 cm³/mol. The summed E-state index contributed by atoms with van der Waals surface area (Å²) in [5, 5.41) is 2.78. The third-order valence-electron chi connectivity index (χ3n) is 6.48. The van der Waals surface area contributed by atoms with Gasteiger partial charge >= 0.3 is 208 Å². The maximum absolute atomic E-state index is 5.28. The Bertz CT molecular complexity index is 1840. The number of hydrogen-bond acceptors (Lipinski definition) is 2. The topological polar surface area (TPSA) is 25.8 Å². The van der Waals surface area contributed by atoms with Crippen molar-refractivity contribution in [3.8, 4) is 33.6 Å². The van der Waals surface area contributed by atoms with Crippen LogP contribution in [0.1, 0.15) is 0 Å². The zero-order valence-electron chi connectivity index (χ0n) is 18.8. The van der Waals surface area contributed by atoms with Crippen LogP contribution in [0.5, 0.6) is 0 Å². The van der Waals surface area contributed by atoms with Crippen LogP contribution in [0.2, 0.25) is 0 Å². The van der Waals surface area contributed by atoms with E-state index in [0.29, 0.717) is 0 Å². The van der Waals surface area contributed by atoms with Gasteiger partial charge in [0, 0.05) is 0 Å². The second-order valence-corrected chi connectivity index (χ2v) is 11.7. The van der Waals surface area contributed by atoms with Gasteiger partial charge in [0.25, 0.3) is 0 Å². The van der Waals surface area contributed by atoms with Crippen molar-refractivity contribution in [1.82, 2.24) is 9.97 Å². The SMILES string of the molecule is c1ccc(-c2nc3cccc(-c4ccc5[te]c6ccccc6c5c4)c3nc2-c2ccccc2)cc1. The molecule has 0 bridgehead atoms. The zero-order chi connectivity index (χ0) is 23.2. The molecule has 7 aromatic rings. The van der Waals surface area contributed by atoms with E-state index >= 15 is 0 Å². The molecule has 3 heteroatoms. The summed E-state index contributed by atoms with van der Waals surface area (Å²) in [4.78, 5) is 10.4. The van der Waals surface area contributed by atoms with Crippen LogP contribution in [-0.4, -0.2) is 30.4 Å². The third-order valence-corrected chi connectivity index (χ3v) is 9.76. The van der Waals surface area contributed by atoms with E-state index in [2.05, 4.69) is 109 Å². The molecule has 2 aromatic heterocycles. The monoisotopic (exact) mass is 562 g/mol. The van der Waals surface area contributed by atoms with E-state index in [0.717, 1.165) is 39.1 Å². The Morgan fingerprint density at radius 2 is 1.11 bits per heavy atom. The Morgan fingerprint density at radius 1 is 0.457 bits per heavy atom. The molecule has 164 valence electrons. The van der Waals surface area contributed by atoms with Crippen LogP contribution in [0.25, 0.3) is 62.3 Å². The van der Waals surface area contributed by atoms with Crippen LogP contribution in [0.3, 0.4) is 0 Å². The maximum atomic E-state index is 5.28. The van der Waals surface area contributed by atoms with Gasteiger partial charge < -0.3 is 0 Å². The fraction of sp³-hybridized carbons (Fsp3) is 0. The van der Waals surface area contributed by atoms with Crippen molar-refractivity contribution < 1.29 is 0 Å². The summed E-state index contributed by atoms with van der Waals surface area (Å²) in [7, 11) is 0. The molecule has 0 saturated heterocycles. The standard InChI is InChI=1S/C32H20N2Te/c1-3-10-21(11-4-1)30-31(22-12-5-2-6-13-22)34-32-24(15-9-16-27(32)33-30)23-18-19-29-26(20-23)25-14-7-8-17-28(25)35-29/h1-20H. The van der Waals surface area contributed by atoms with E-state index < -0.39 is 0 Å². The summed E-state index contributed by atoms with van der Waals surface area (Å²) in [5.41, 5.74) is 8.14. The number of para-hydroxylation sites is 1. The quantitative estimate of drug-likeness (QED) is 0.205. The molecule has 2 nitrogen and oxygen atoms in total. The van der Waals surface area contributed by atoms with Crippen LogP contribution in [0.15, 0.2) is 121 Å². The first-order valence-corrected chi connectivity index (χ1v) is 14.0. The van der Waals surface area contributed by atoms with Crippen LogP contribution >= 0.6 is 0 Å². The van der Waals surface area contributed by atoms with Gasteiger partial charge in [-0.15, -0.1) is 0 Å². The molecular weight excluding hydrogens is 540 g/mol. The summed E-state index contributed by atoms with van der Waals surface area (Å²) in [6, 6.07) is 42.9. The molecule has 5 aromatic carbocycles. The van der Waals surface area contributed by atoms with E-state index in [4.69, 9.17) is 9.97 Å². The molecule has 0 aliphatic rings. The van der Waals surface area contributed by atoms with Gasteiger partial charge in [-0.2, -0.15) is 0 Å². The molecule has 0 unspecified atom stereocenters. The van der Waals surface area contributed by atoms with E-state index in [1.165, 1.54) is 23.1 Å². The van der Waals surface area contributed by atoms with Crippen molar-refractivity contribution in [3.05, 3.63) is 121 Å². The van der Waals surface area contributed by atoms with Crippen molar-refractivity contribution in [2.75, 3.05) is 0 Å². The molecule has 0 aliphatic carbocycles. The number of aromatic nitrogens is 2. The Kier molecular flexibility index (Phi) is 4.98. The second-order valence-electron chi connectivity index (χ2n) is 8.64. The number of rotatable bonds is 3. The van der Waals surface area contributed by atoms with E-state index in [1.807, 2.05) is 12.1 Å². The fourth-order valence-electron chi connectivity index (χ4n) is 4.80. The molecular formula is C32H20N2Te. The fourth-order valence-corrected chi connectivity index (χ4v) is 7.90. The molecule has 2 heterocycles. The normalized spacial score (nSPS) is 11.4. The molecule has 0 spiro atoms. The first kappa shape index (κ1) is 20.6. The Morgan fingerprint density at radius 3 is 1.89 bits per heavy atom. The Balaban J connectivity index is 1.50. The van der Waals surface area contributed by atoms with Crippen LogP contribution in [0, 0.1) is 0 Å². The van der Waals surface area contributed by atoms with Gasteiger partial charge in [-0.1, -0.05) is 6.07 Å². The first-order chi connectivity index (χ1) is 17.3. The molecule has 35 heavy (non-hydrogen) atoms. The second kappa shape index (κ2) is 8.47. The van der Waals surface area contributed by atoms with Gasteiger partial charge in [-0.05, 0) is 0 Å². The van der Waals surface area contributed by atoms with Crippen molar-refractivity contribution >= 4 is 49.0 Å². The summed E-state index contributed by atoms with van der Waals surface area (Å²) < 4.78 is 3.05. The van der Waals surface area contributed by atoms with Crippen molar-refractivity contribution in [1.29, 1.82) is 0 Å². The van der Waals surface area contributed by atoms with Crippen LogP contribution < -0.4 is 0 Å². The van der Waals surface area contributed by atoms with Crippen LogP contribution in [-0.2, 0) is 0 Å². The molecule has 0 N–H and O–H groups in total. The summed E-state index contributed by atoms with van der Waals surface area (Å²) in [6.45, 7) is 0. The van der Waals surface area contributed by atoms with Gasteiger partial charge in [0.05, 0.1) is 0 Å². The minimum atomic E-state index is -0.312. The number of hydrogen-bond donors (Lipinski definition) is 0. The number of nitrogens with zero attached hydrogens (tertiary/aromatic N) is 2. The van der Waals surface area contributed by atoms with Gasteiger partial charge in [-0.25, -0.2) is 0 Å². The molecule has 0 radical (unpaired) electrons. The van der Waals surface area contributed by atoms with Crippen LogP contribution in [0.4, 0.5) is 0 Å². The number of benzene rings is 5. The van der Waals surface area contributed by atoms with E-state index in [1.54, 1.807) is 0 Å². The minimum absolute atomic E-state index is 0.312. The summed E-state index contributed by atoms with van der Waals surface area (Å²) in [6.07, 6.45) is 0. The van der Waals surface area contributed by atoms with Crippen molar-refractivity contribution in [3.63, 3.8) is 0 Å².